The molecule has 0 bridgehead atoms. The third kappa shape index (κ3) is 5.18. The number of hydrogen-bond acceptors (Lipinski definition) is 8. The maximum atomic E-state index is 11.0. The number of carbonyl (C=O) groups is 1. The molecule has 10 nitrogen and oxygen atoms in total. The van der Waals surface area contributed by atoms with Gasteiger partial charge in [0.05, 0.1) is 41.8 Å². The lowest BCUT2D eigenvalue weighted by Crippen LogP contribution is -2.08. The van der Waals surface area contributed by atoms with Crippen molar-refractivity contribution in [2.45, 2.75) is 25.8 Å². The number of rotatable bonds is 7. The quantitative estimate of drug-likeness (QED) is 0.320. The number of nitrogens with two attached hydrogens (primary N) is 1. The van der Waals surface area contributed by atoms with Crippen LogP contribution in [-0.4, -0.2) is 41.0 Å². The van der Waals surface area contributed by atoms with E-state index in [0.29, 0.717) is 40.4 Å². The number of benzene rings is 1. The molecule has 4 aromatic rings. The van der Waals surface area contributed by atoms with Crippen molar-refractivity contribution in [3.8, 4) is 28.7 Å². The van der Waals surface area contributed by atoms with Crippen molar-refractivity contribution in [1.29, 1.82) is 5.26 Å². The van der Waals surface area contributed by atoms with Crippen LogP contribution in [0.2, 0.25) is 0 Å². The van der Waals surface area contributed by atoms with E-state index in [9.17, 15) is 10.1 Å². The molecule has 0 spiro atoms. The highest BCUT2D eigenvalue weighted by molar-refractivity contribution is 14.1. The first-order chi connectivity index (χ1) is 16.3. The first-order valence-electron chi connectivity index (χ1n) is 10.3. The molecule has 3 N–H and O–H groups in total. The van der Waals surface area contributed by atoms with E-state index >= 15 is 0 Å². The Hall–Kier alpha value is -3.92. The topological polar surface area (TPSA) is 156 Å². The molecule has 1 unspecified atom stereocenters. The molecule has 34 heavy (non-hydrogen) atoms. The van der Waals surface area contributed by atoms with E-state index in [0.717, 1.165) is 9.26 Å². The minimum absolute atomic E-state index is 0.00930. The lowest BCUT2D eigenvalue weighted by Gasteiger charge is -2.09. The van der Waals surface area contributed by atoms with E-state index in [1.807, 2.05) is 43.3 Å². The molecule has 0 fully saturated rings. The van der Waals surface area contributed by atoms with Crippen LogP contribution in [0, 0.1) is 14.9 Å². The summed E-state index contributed by atoms with van der Waals surface area (Å²) < 4.78 is 2.43. The van der Waals surface area contributed by atoms with Crippen LogP contribution in [0.25, 0.3) is 22.6 Å². The third-order valence-corrected chi connectivity index (χ3v) is 5.98. The lowest BCUT2D eigenvalue weighted by atomic mass is 10.0. The number of anilines is 1. The number of aliphatic carboxylic acids is 1. The van der Waals surface area contributed by atoms with Gasteiger partial charge in [0.1, 0.15) is 11.8 Å². The average Bonchev–Trinajstić information content (AvgIpc) is 3.27. The predicted octanol–water partition coefficient (Wildman–Crippen LogP) is 3.48. The standard InChI is InChI=1S/C23H19IN8O2/c1-13(8-22(33)34)18-7-2-4-14(27-18)11-32-12-21(30-31-32)20-9-19(28-23(26)29-20)15-5-3-6-17(24)16(15)10-25/h2-7,9,12-13H,8,11H2,1H3,(H,33,34)(H2,26,28,29). The van der Waals surface area contributed by atoms with Crippen LogP contribution in [0.15, 0.2) is 48.7 Å². The highest BCUT2D eigenvalue weighted by Gasteiger charge is 2.15. The van der Waals surface area contributed by atoms with Crippen molar-refractivity contribution in [1.82, 2.24) is 29.9 Å². The zero-order valence-corrected chi connectivity index (χ0v) is 20.2. The summed E-state index contributed by atoms with van der Waals surface area (Å²) in [6.07, 6.45) is 1.73. The largest absolute Gasteiger partial charge is 0.481 e. The third-order valence-electron chi connectivity index (χ3n) is 5.08. The Morgan fingerprint density at radius 2 is 1.94 bits per heavy atom. The van der Waals surface area contributed by atoms with Gasteiger partial charge in [-0.3, -0.25) is 9.78 Å². The van der Waals surface area contributed by atoms with Crippen molar-refractivity contribution in [3.63, 3.8) is 0 Å². The fourth-order valence-electron chi connectivity index (χ4n) is 3.47. The molecule has 0 aliphatic rings. The molecule has 0 radical (unpaired) electrons. The van der Waals surface area contributed by atoms with Crippen LogP contribution < -0.4 is 5.73 Å². The van der Waals surface area contributed by atoms with Gasteiger partial charge >= 0.3 is 5.97 Å². The number of pyridine rings is 1. The molecular formula is C23H19IN8O2. The van der Waals surface area contributed by atoms with Gasteiger partial charge in [-0.25, -0.2) is 14.6 Å². The summed E-state index contributed by atoms with van der Waals surface area (Å²) in [4.78, 5) is 24.2. The minimum atomic E-state index is -0.865. The van der Waals surface area contributed by atoms with Gasteiger partial charge in [-0.15, -0.1) is 5.10 Å². The van der Waals surface area contributed by atoms with E-state index in [-0.39, 0.29) is 18.3 Å². The van der Waals surface area contributed by atoms with E-state index in [2.05, 4.69) is 53.9 Å². The smallest absolute Gasteiger partial charge is 0.304 e. The summed E-state index contributed by atoms with van der Waals surface area (Å²) in [5.41, 5.74) is 10.1. The van der Waals surface area contributed by atoms with Gasteiger partial charge in [-0.05, 0) is 46.9 Å². The van der Waals surface area contributed by atoms with Crippen molar-refractivity contribution < 1.29 is 9.90 Å². The van der Waals surface area contributed by atoms with Gasteiger partial charge < -0.3 is 10.8 Å². The molecule has 1 atom stereocenters. The molecule has 4 rings (SSSR count). The Morgan fingerprint density at radius 3 is 2.71 bits per heavy atom. The van der Waals surface area contributed by atoms with Gasteiger partial charge in [0.2, 0.25) is 5.95 Å². The number of nitrogen functional groups attached to an aromatic ring is 1. The molecule has 0 saturated heterocycles. The van der Waals surface area contributed by atoms with E-state index < -0.39 is 5.97 Å². The Morgan fingerprint density at radius 1 is 1.18 bits per heavy atom. The number of halogens is 1. The maximum Gasteiger partial charge on any atom is 0.304 e. The molecule has 0 amide bonds. The van der Waals surface area contributed by atoms with E-state index in [4.69, 9.17) is 10.8 Å². The van der Waals surface area contributed by atoms with E-state index in [1.54, 1.807) is 16.9 Å². The molecular weight excluding hydrogens is 547 g/mol. The Bertz CT molecular complexity index is 1410. The van der Waals surface area contributed by atoms with Crippen LogP contribution >= 0.6 is 22.6 Å². The fraction of sp³-hybridized carbons (Fsp3) is 0.174. The summed E-state index contributed by atoms with van der Waals surface area (Å²) in [6, 6.07) is 15.0. The van der Waals surface area contributed by atoms with Gasteiger partial charge in [0, 0.05) is 20.7 Å². The van der Waals surface area contributed by atoms with Gasteiger partial charge in [0.25, 0.3) is 0 Å². The second-order valence-corrected chi connectivity index (χ2v) is 8.79. The van der Waals surface area contributed by atoms with E-state index in [1.165, 1.54) is 0 Å². The summed E-state index contributed by atoms with van der Waals surface area (Å²) in [5.74, 6) is -1.01. The minimum Gasteiger partial charge on any atom is -0.481 e. The number of aromatic nitrogens is 6. The first kappa shape index (κ1) is 23.2. The first-order valence-corrected chi connectivity index (χ1v) is 11.3. The van der Waals surface area contributed by atoms with Crippen LogP contribution in [0.4, 0.5) is 5.95 Å². The molecule has 0 saturated carbocycles. The fourth-order valence-corrected chi connectivity index (χ4v) is 4.09. The summed E-state index contributed by atoms with van der Waals surface area (Å²) in [6.45, 7) is 2.18. The molecule has 3 heterocycles. The second-order valence-electron chi connectivity index (χ2n) is 7.62. The highest BCUT2D eigenvalue weighted by atomic mass is 127. The Kier molecular flexibility index (Phi) is 6.78. The SMILES string of the molecule is CC(CC(=O)O)c1cccc(Cn2cc(-c3cc(-c4cccc(I)c4C#N)nc(N)n3)nn2)n1. The summed E-state index contributed by atoms with van der Waals surface area (Å²) in [7, 11) is 0. The van der Waals surface area contributed by atoms with Gasteiger partial charge in [-0.1, -0.05) is 30.3 Å². The number of carboxylic acid groups (broad SMARTS) is 1. The van der Waals surface area contributed by atoms with Gasteiger partial charge in [0.15, 0.2) is 0 Å². The number of carboxylic acids is 1. The van der Waals surface area contributed by atoms with Crippen LogP contribution in [0.1, 0.15) is 36.2 Å². The number of nitriles is 1. The summed E-state index contributed by atoms with van der Waals surface area (Å²) >= 11 is 2.11. The molecule has 0 aliphatic heterocycles. The average molecular weight is 566 g/mol. The van der Waals surface area contributed by atoms with Gasteiger partial charge in [-0.2, -0.15) is 5.26 Å². The summed E-state index contributed by atoms with van der Waals surface area (Å²) in [5, 5.41) is 27.0. The highest BCUT2D eigenvalue weighted by Crippen LogP contribution is 2.28. The van der Waals surface area contributed by atoms with Crippen molar-refractivity contribution in [2.24, 2.45) is 0 Å². The lowest BCUT2D eigenvalue weighted by molar-refractivity contribution is -0.137. The van der Waals surface area contributed by atoms with Crippen LogP contribution in [0.5, 0.6) is 0 Å². The second kappa shape index (κ2) is 9.92. The molecule has 170 valence electrons. The zero-order valence-electron chi connectivity index (χ0n) is 18.1. The number of nitrogens with zero attached hydrogens (tertiary/aromatic N) is 7. The van der Waals surface area contributed by atoms with Crippen molar-refractivity contribution in [3.05, 3.63) is 69.2 Å². The molecule has 11 heteroatoms. The maximum absolute atomic E-state index is 11.0. The molecule has 0 aliphatic carbocycles. The monoisotopic (exact) mass is 566 g/mol. The van der Waals surface area contributed by atoms with Crippen LogP contribution in [-0.2, 0) is 11.3 Å². The Labute approximate surface area is 208 Å². The Balaban J connectivity index is 1.61. The zero-order chi connectivity index (χ0) is 24.2. The van der Waals surface area contributed by atoms with Crippen LogP contribution in [0.3, 0.4) is 0 Å². The number of hydrogen-bond donors (Lipinski definition) is 2. The molecule has 1 aromatic carbocycles. The molecule has 3 aromatic heterocycles. The normalized spacial score (nSPS) is 11.7. The van der Waals surface area contributed by atoms with Crippen molar-refractivity contribution >= 4 is 34.5 Å². The van der Waals surface area contributed by atoms with Crippen molar-refractivity contribution in [2.75, 3.05) is 5.73 Å². The predicted molar refractivity (Wildman–Crippen MR) is 132 cm³/mol.